The standard InChI is InChI=1S/C9H6ClIN2S/c10-5-1-2-7(11)6(3-5)9-13-4-8(12)14-9/h1-4H,12H2. The molecule has 2 aromatic rings. The molecule has 0 aliphatic carbocycles. The number of halogens is 2. The summed E-state index contributed by atoms with van der Waals surface area (Å²) in [7, 11) is 0. The Balaban J connectivity index is 2.55. The molecule has 0 atom stereocenters. The lowest BCUT2D eigenvalue weighted by Crippen LogP contribution is -1.80. The highest BCUT2D eigenvalue weighted by atomic mass is 127. The van der Waals surface area contributed by atoms with Gasteiger partial charge in [0.2, 0.25) is 0 Å². The predicted octanol–water partition coefficient (Wildman–Crippen LogP) is 3.65. The smallest absolute Gasteiger partial charge is 0.126 e. The van der Waals surface area contributed by atoms with E-state index in [-0.39, 0.29) is 0 Å². The SMILES string of the molecule is Nc1cnc(-c2cc(Cl)ccc2I)s1. The molecular weight excluding hydrogens is 331 g/mol. The van der Waals surface area contributed by atoms with Crippen molar-refractivity contribution in [3.63, 3.8) is 0 Å². The average Bonchev–Trinajstić information content (AvgIpc) is 2.56. The van der Waals surface area contributed by atoms with Gasteiger partial charge < -0.3 is 5.73 Å². The Bertz CT molecular complexity index is 470. The van der Waals surface area contributed by atoms with Crippen LogP contribution in [0.25, 0.3) is 10.6 Å². The van der Waals surface area contributed by atoms with Gasteiger partial charge in [-0.1, -0.05) is 22.9 Å². The minimum atomic E-state index is 0.717. The van der Waals surface area contributed by atoms with Crippen molar-refractivity contribution in [2.24, 2.45) is 0 Å². The number of aromatic nitrogens is 1. The first-order chi connectivity index (χ1) is 6.66. The molecule has 0 bridgehead atoms. The van der Waals surface area contributed by atoms with Crippen LogP contribution in [0.2, 0.25) is 5.02 Å². The lowest BCUT2D eigenvalue weighted by atomic mass is 10.2. The Morgan fingerprint density at radius 3 is 2.86 bits per heavy atom. The molecule has 0 saturated heterocycles. The Morgan fingerprint density at radius 1 is 1.43 bits per heavy atom. The second kappa shape index (κ2) is 4.04. The van der Waals surface area contributed by atoms with E-state index in [1.807, 2.05) is 18.2 Å². The van der Waals surface area contributed by atoms with E-state index in [1.165, 1.54) is 11.3 Å². The van der Waals surface area contributed by atoms with Gasteiger partial charge in [-0.3, -0.25) is 0 Å². The fraction of sp³-hybridized carbons (Fsp3) is 0. The lowest BCUT2D eigenvalue weighted by molar-refractivity contribution is 1.41. The van der Waals surface area contributed by atoms with Crippen molar-refractivity contribution in [2.45, 2.75) is 0 Å². The highest BCUT2D eigenvalue weighted by Gasteiger charge is 2.07. The quantitative estimate of drug-likeness (QED) is 0.807. The number of benzene rings is 1. The highest BCUT2D eigenvalue weighted by Crippen LogP contribution is 2.31. The molecule has 1 heterocycles. The zero-order valence-corrected chi connectivity index (χ0v) is 10.7. The second-order valence-corrected chi connectivity index (χ2v) is 5.35. The van der Waals surface area contributed by atoms with E-state index >= 15 is 0 Å². The van der Waals surface area contributed by atoms with E-state index in [9.17, 15) is 0 Å². The summed E-state index contributed by atoms with van der Waals surface area (Å²) < 4.78 is 1.13. The number of nitrogens with zero attached hydrogens (tertiary/aromatic N) is 1. The normalized spacial score (nSPS) is 10.4. The van der Waals surface area contributed by atoms with Crippen molar-refractivity contribution in [1.29, 1.82) is 0 Å². The molecule has 0 spiro atoms. The average molecular weight is 337 g/mol. The van der Waals surface area contributed by atoms with Crippen LogP contribution in [0.4, 0.5) is 5.00 Å². The summed E-state index contributed by atoms with van der Waals surface area (Å²) in [5.41, 5.74) is 6.67. The van der Waals surface area contributed by atoms with E-state index in [0.717, 1.165) is 19.1 Å². The number of hydrogen-bond acceptors (Lipinski definition) is 3. The third-order valence-electron chi connectivity index (χ3n) is 1.68. The fourth-order valence-electron chi connectivity index (χ4n) is 1.07. The first-order valence-electron chi connectivity index (χ1n) is 3.83. The van der Waals surface area contributed by atoms with Crippen molar-refractivity contribution < 1.29 is 0 Å². The van der Waals surface area contributed by atoms with E-state index in [4.69, 9.17) is 17.3 Å². The van der Waals surface area contributed by atoms with Gasteiger partial charge in [-0.15, -0.1) is 0 Å². The molecule has 14 heavy (non-hydrogen) atoms. The summed E-state index contributed by atoms with van der Waals surface area (Å²) in [6.07, 6.45) is 1.66. The van der Waals surface area contributed by atoms with Gasteiger partial charge in [0.05, 0.1) is 6.20 Å². The minimum absolute atomic E-state index is 0.717. The molecule has 2 nitrogen and oxygen atoms in total. The van der Waals surface area contributed by atoms with Crippen LogP contribution in [-0.4, -0.2) is 4.98 Å². The van der Waals surface area contributed by atoms with E-state index in [2.05, 4.69) is 27.6 Å². The number of anilines is 1. The maximum absolute atomic E-state index is 5.92. The number of nitrogens with two attached hydrogens (primary N) is 1. The molecule has 0 saturated carbocycles. The molecular formula is C9H6ClIN2S. The van der Waals surface area contributed by atoms with Crippen LogP contribution in [0.5, 0.6) is 0 Å². The van der Waals surface area contributed by atoms with Gasteiger partial charge in [0.1, 0.15) is 10.0 Å². The molecule has 0 aliphatic rings. The molecule has 1 aromatic heterocycles. The van der Waals surface area contributed by atoms with Gasteiger partial charge in [-0.05, 0) is 40.8 Å². The van der Waals surface area contributed by atoms with Crippen LogP contribution in [0.1, 0.15) is 0 Å². The molecule has 0 unspecified atom stereocenters. The van der Waals surface area contributed by atoms with E-state index in [0.29, 0.717) is 5.02 Å². The van der Waals surface area contributed by atoms with Crippen molar-refractivity contribution in [3.05, 3.63) is 33.0 Å². The molecule has 5 heteroatoms. The van der Waals surface area contributed by atoms with Crippen LogP contribution >= 0.6 is 45.5 Å². The lowest BCUT2D eigenvalue weighted by Gasteiger charge is -2.00. The van der Waals surface area contributed by atoms with Gasteiger partial charge in [0, 0.05) is 14.2 Å². The summed E-state index contributed by atoms with van der Waals surface area (Å²) in [6, 6.07) is 5.74. The third kappa shape index (κ3) is 2.02. The number of nitrogen functional groups attached to an aromatic ring is 1. The Labute approximate surface area is 104 Å². The van der Waals surface area contributed by atoms with Gasteiger partial charge >= 0.3 is 0 Å². The van der Waals surface area contributed by atoms with Crippen molar-refractivity contribution in [1.82, 2.24) is 4.98 Å². The molecule has 0 aliphatic heterocycles. The minimum Gasteiger partial charge on any atom is -0.389 e. The van der Waals surface area contributed by atoms with Crippen molar-refractivity contribution >= 4 is 50.5 Å². The zero-order chi connectivity index (χ0) is 10.1. The van der Waals surface area contributed by atoms with Gasteiger partial charge in [-0.25, -0.2) is 4.98 Å². The van der Waals surface area contributed by atoms with Crippen molar-refractivity contribution in [3.8, 4) is 10.6 Å². The first-order valence-corrected chi connectivity index (χ1v) is 6.11. The molecule has 2 N–H and O–H groups in total. The van der Waals surface area contributed by atoms with Gasteiger partial charge in [0.25, 0.3) is 0 Å². The number of hydrogen-bond donors (Lipinski definition) is 1. The number of rotatable bonds is 1. The molecule has 0 radical (unpaired) electrons. The van der Waals surface area contributed by atoms with Crippen LogP contribution in [-0.2, 0) is 0 Å². The number of thiazole rings is 1. The molecule has 2 rings (SSSR count). The van der Waals surface area contributed by atoms with Gasteiger partial charge in [-0.2, -0.15) is 0 Å². The molecule has 72 valence electrons. The third-order valence-corrected chi connectivity index (χ3v) is 3.72. The summed E-state index contributed by atoms with van der Waals surface area (Å²) in [4.78, 5) is 4.22. The molecule has 0 amide bonds. The maximum Gasteiger partial charge on any atom is 0.126 e. The highest BCUT2D eigenvalue weighted by molar-refractivity contribution is 14.1. The summed E-state index contributed by atoms with van der Waals surface area (Å²) in [5.74, 6) is 0. The van der Waals surface area contributed by atoms with Crippen LogP contribution in [0.15, 0.2) is 24.4 Å². The largest absolute Gasteiger partial charge is 0.389 e. The summed E-state index contributed by atoms with van der Waals surface area (Å²) in [5, 5.41) is 2.35. The van der Waals surface area contributed by atoms with Crippen LogP contribution < -0.4 is 5.73 Å². The van der Waals surface area contributed by atoms with E-state index in [1.54, 1.807) is 6.20 Å². The Morgan fingerprint density at radius 2 is 2.21 bits per heavy atom. The first kappa shape index (κ1) is 10.2. The van der Waals surface area contributed by atoms with Crippen LogP contribution in [0.3, 0.4) is 0 Å². The molecule has 1 aromatic carbocycles. The fourth-order valence-corrected chi connectivity index (χ4v) is 2.73. The van der Waals surface area contributed by atoms with E-state index < -0.39 is 0 Å². The monoisotopic (exact) mass is 336 g/mol. The second-order valence-electron chi connectivity index (χ2n) is 2.69. The maximum atomic E-state index is 5.92. The topological polar surface area (TPSA) is 38.9 Å². The molecule has 0 fully saturated rings. The summed E-state index contributed by atoms with van der Waals surface area (Å²) >= 11 is 9.64. The van der Waals surface area contributed by atoms with Gasteiger partial charge in [0.15, 0.2) is 0 Å². The van der Waals surface area contributed by atoms with Crippen LogP contribution in [0, 0.1) is 3.57 Å². The van der Waals surface area contributed by atoms with Crippen molar-refractivity contribution in [2.75, 3.05) is 5.73 Å². The predicted molar refractivity (Wildman–Crippen MR) is 69.7 cm³/mol. The Kier molecular flexibility index (Phi) is 2.94. The Hall–Kier alpha value is -0.330. The zero-order valence-electron chi connectivity index (χ0n) is 7.00. The summed E-state index contributed by atoms with van der Waals surface area (Å²) in [6.45, 7) is 0.